The van der Waals surface area contributed by atoms with Crippen molar-refractivity contribution in [2.24, 2.45) is 0 Å². The normalized spacial score (nSPS) is 14.0. The van der Waals surface area contributed by atoms with Crippen molar-refractivity contribution in [2.75, 3.05) is 18.2 Å². The molecule has 0 saturated carbocycles. The number of esters is 1. The molecule has 2 rings (SSSR count). The molecule has 0 amide bonds. The van der Waals surface area contributed by atoms with Gasteiger partial charge in [-0.2, -0.15) is 13.2 Å². The Morgan fingerprint density at radius 3 is 2.37 bits per heavy atom. The van der Waals surface area contributed by atoms with Gasteiger partial charge in [-0.3, -0.25) is 14.7 Å². The van der Waals surface area contributed by atoms with E-state index in [1.54, 1.807) is 20.8 Å². The summed E-state index contributed by atoms with van der Waals surface area (Å²) in [5, 5.41) is 13.7. The highest BCUT2D eigenvalue weighted by Gasteiger charge is 2.38. The minimum Gasteiger partial charge on any atom is -0.462 e. The van der Waals surface area contributed by atoms with Gasteiger partial charge in [0.1, 0.15) is 29.0 Å². The maximum atomic E-state index is 13.6. The summed E-state index contributed by atoms with van der Waals surface area (Å²) in [4.78, 5) is 32.1. The molecule has 0 heterocycles. The van der Waals surface area contributed by atoms with Gasteiger partial charge in [-0.1, -0.05) is 6.92 Å². The van der Waals surface area contributed by atoms with Crippen molar-refractivity contribution in [2.45, 2.75) is 39.5 Å². The van der Waals surface area contributed by atoms with E-state index in [1.807, 2.05) is 0 Å². The molecule has 0 spiro atoms. The molecule has 2 N–H and O–H groups in total. The monoisotopic (exact) mass is 520 g/mol. The maximum Gasteiger partial charge on any atom is 0.420 e. The van der Waals surface area contributed by atoms with E-state index in [9.17, 15) is 37.5 Å². The summed E-state index contributed by atoms with van der Waals surface area (Å²) in [5.74, 6) is -1.54. The average molecular weight is 520 g/mol. The third-order valence-corrected chi connectivity index (χ3v) is 5.83. The Morgan fingerprint density at radius 1 is 1.23 bits per heavy atom. The number of rotatable bonds is 11. The number of anilines is 1. The number of nitrogens with zero attached hydrogens (tertiary/aromatic N) is 1. The summed E-state index contributed by atoms with van der Waals surface area (Å²) < 4.78 is 68.3. The molecule has 0 bridgehead atoms. The summed E-state index contributed by atoms with van der Waals surface area (Å²) in [6.07, 6.45) is -5.99. The van der Waals surface area contributed by atoms with E-state index in [-0.39, 0.29) is 24.0 Å². The number of nitro groups is 1. The summed E-state index contributed by atoms with van der Waals surface area (Å²) in [6, 6.07) is 5.98. The number of nitrogens with one attached hydrogen (secondary N) is 1. The molecule has 0 aliphatic carbocycles. The number of nitro benzene ring substituents is 1. The Labute approximate surface area is 198 Å². The first-order valence-corrected chi connectivity index (χ1v) is 12.1. The van der Waals surface area contributed by atoms with Crippen molar-refractivity contribution in [1.29, 1.82) is 0 Å². The quantitative estimate of drug-likeness (QED) is 0.159. The fraction of sp³-hybridized carbons (Fsp3) is 0.381. The van der Waals surface area contributed by atoms with E-state index in [0.717, 1.165) is 0 Å². The van der Waals surface area contributed by atoms with Gasteiger partial charge < -0.3 is 24.2 Å². The number of carbonyl (C=O) groups excluding carboxylic acids is 1. The number of benzene rings is 2. The molecule has 35 heavy (non-hydrogen) atoms. The predicted octanol–water partition coefficient (Wildman–Crippen LogP) is 5.95. The first kappa shape index (κ1) is 28.1. The topological polar surface area (TPSA) is 137 Å². The highest BCUT2D eigenvalue weighted by Crippen LogP contribution is 2.46. The van der Waals surface area contributed by atoms with Gasteiger partial charge in [0.2, 0.25) is 0 Å². The zero-order chi connectivity index (χ0) is 26.4. The number of hydrogen-bond acceptors (Lipinski definition) is 8. The number of ether oxygens (including phenoxy) is 2. The highest BCUT2D eigenvalue weighted by atomic mass is 31.2. The summed E-state index contributed by atoms with van der Waals surface area (Å²) >= 11 is 0. The zero-order valence-electron chi connectivity index (χ0n) is 19.0. The van der Waals surface area contributed by atoms with Crippen LogP contribution in [-0.4, -0.2) is 34.8 Å². The Balaban J connectivity index is 2.43. The van der Waals surface area contributed by atoms with Gasteiger partial charge in [0, 0.05) is 12.1 Å². The first-order chi connectivity index (χ1) is 16.3. The Bertz CT molecular complexity index is 1110. The van der Waals surface area contributed by atoms with E-state index in [0.29, 0.717) is 12.5 Å². The van der Waals surface area contributed by atoms with Crippen LogP contribution in [0.5, 0.6) is 11.5 Å². The van der Waals surface area contributed by atoms with Gasteiger partial charge >= 0.3 is 19.7 Å². The molecule has 2 aromatic carbocycles. The van der Waals surface area contributed by atoms with Crippen molar-refractivity contribution in [1.82, 2.24) is 0 Å². The minimum absolute atomic E-state index is 0.101. The SMILES string of the molecule is CCOC(=O)c1ccc(Oc2cc(NCP(=O)(O)OC(C)CC)c([N+](=O)[O-])cc2C(F)(F)F)cc1. The van der Waals surface area contributed by atoms with E-state index in [1.165, 1.54) is 24.3 Å². The molecule has 0 saturated heterocycles. The first-order valence-electron chi connectivity index (χ1n) is 10.4. The molecule has 10 nitrogen and oxygen atoms in total. The van der Waals surface area contributed by atoms with Gasteiger partial charge in [-0.25, -0.2) is 4.79 Å². The van der Waals surface area contributed by atoms with Crippen molar-refractivity contribution in [3.05, 3.63) is 57.6 Å². The number of halogens is 3. The van der Waals surface area contributed by atoms with Crippen LogP contribution in [0.25, 0.3) is 0 Å². The molecular weight excluding hydrogens is 496 g/mol. The molecule has 2 aromatic rings. The highest BCUT2D eigenvalue weighted by molar-refractivity contribution is 7.52. The van der Waals surface area contributed by atoms with Crippen LogP contribution in [0.15, 0.2) is 36.4 Å². The number of hydrogen-bond donors (Lipinski definition) is 2. The molecule has 0 radical (unpaired) electrons. The second kappa shape index (κ2) is 11.5. The molecule has 2 atom stereocenters. The third-order valence-electron chi connectivity index (χ3n) is 4.58. The van der Waals surface area contributed by atoms with Crippen LogP contribution in [0.3, 0.4) is 0 Å². The third kappa shape index (κ3) is 7.94. The molecule has 14 heteroatoms. The smallest absolute Gasteiger partial charge is 0.420 e. The summed E-state index contributed by atoms with van der Waals surface area (Å²) in [5.41, 5.74) is -2.76. The van der Waals surface area contributed by atoms with Crippen LogP contribution < -0.4 is 10.1 Å². The molecule has 2 unspecified atom stereocenters. The van der Waals surface area contributed by atoms with Crippen LogP contribution in [0, 0.1) is 10.1 Å². The molecule has 192 valence electrons. The van der Waals surface area contributed by atoms with Crippen LogP contribution in [-0.2, 0) is 20.0 Å². The van der Waals surface area contributed by atoms with Gasteiger partial charge in [0.15, 0.2) is 0 Å². The van der Waals surface area contributed by atoms with Gasteiger partial charge in [-0.05, 0) is 44.5 Å². The summed E-state index contributed by atoms with van der Waals surface area (Å²) in [6.45, 7) is 5.00. The average Bonchev–Trinajstić information content (AvgIpc) is 2.77. The lowest BCUT2D eigenvalue weighted by atomic mass is 10.1. The maximum absolute atomic E-state index is 13.6. The minimum atomic E-state index is -5.02. The largest absolute Gasteiger partial charge is 0.462 e. The van der Waals surface area contributed by atoms with E-state index in [4.69, 9.17) is 14.0 Å². The van der Waals surface area contributed by atoms with E-state index < -0.39 is 59.7 Å². The van der Waals surface area contributed by atoms with Crippen LogP contribution in [0.1, 0.15) is 43.1 Å². The van der Waals surface area contributed by atoms with E-state index in [2.05, 4.69) is 5.32 Å². The van der Waals surface area contributed by atoms with Crippen LogP contribution in [0.2, 0.25) is 0 Å². The summed E-state index contributed by atoms with van der Waals surface area (Å²) in [7, 11) is -4.27. The second-order valence-electron chi connectivity index (χ2n) is 7.26. The van der Waals surface area contributed by atoms with Crippen molar-refractivity contribution < 1.29 is 46.3 Å². The standard InChI is InChI=1S/C21H24F3N2O8P/c1-4-13(3)34-35(30,31)12-25-17-11-19(16(21(22,23)24)10-18(17)26(28)29)33-15-8-6-14(7-9-15)20(27)32-5-2/h6-11,13,25H,4-5,12H2,1-3H3,(H,30,31). The van der Waals surface area contributed by atoms with Gasteiger partial charge in [0.05, 0.1) is 23.2 Å². The van der Waals surface area contributed by atoms with Gasteiger partial charge in [-0.15, -0.1) is 0 Å². The Hall–Kier alpha value is -3.15. The van der Waals surface area contributed by atoms with Crippen molar-refractivity contribution in [3.63, 3.8) is 0 Å². The molecule has 0 fully saturated rings. The van der Waals surface area contributed by atoms with Gasteiger partial charge in [0.25, 0.3) is 5.69 Å². The molecule has 0 aliphatic rings. The lowest BCUT2D eigenvalue weighted by Crippen LogP contribution is -2.13. The lowest BCUT2D eigenvalue weighted by Gasteiger charge is -2.19. The number of alkyl halides is 3. The van der Waals surface area contributed by atoms with Crippen molar-refractivity contribution >= 4 is 24.9 Å². The predicted molar refractivity (Wildman–Crippen MR) is 120 cm³/mol. The molecular formula is C21H24F3N2O8P. The Morgan fingerprint density at radius 2 is 1.86 bits per heavy atom. The number of carbonyl (C=O) groups is 1. The second-order valence-corrected chi connectivity index (χ2v) is 9.07. The molecule has 0 aliphatic heterocycles. The fourth-order valence-corrected chi connectivity index (χ4v) is 3.90. The zero-order valence-corrected chi connectivity index (χ0v) is 19.9. The molecule has 0 aromatic heterocycles. The van der Waals surface area contributed by atoms with E-state index >= 15 is 0 Å². The van der Waals surface area contributed by atoms with Crippen LogP contribution in [0.4, 0.5) is 24.5 Å². The fourth-order valence-electron chi connectivity index (χ4n) is 2.75. The van der Waals surface area contributed by atoms with Crippen LogP contribution >= 0.6 is 7.60 Å². The lowest BCUT2D eigenvalue weighted by molar-refractivity contribution is -0.384. The Kier molecular flexibility index (Phi) is 9.24. The van der Waals surface area contributed by atoms with Crippen molar-refractivity contribution in [3.8, 4) is 11.5 Å².